The second-order valence-electron chi connectivity index (χ2n) is 9.38. The first-order valence-electron chi connectivity index (χ1n) is 11.6. The highest BCUT2D eigenvalue weighted by Gasteiger charge is 2.24. The Kier molecular flexibility index (Phi) is 19.5. The number of hydrogen-bond acceptors (Lipinski definition) is 9. The van der Waals surface area contributed by atoms with E-state index in [-0.39, 0.29) is 12.2 Å². The van der Waals surface area contributed by atoms with Crippen molar-refractivity contribution in [2.45, 2.75) is 96.8 Å². The maximum atomic E-state index is 10.7. The average molecular weight is 538 g/mol. The summed E-state index contributed by atoms with van der Waals surface area (Å²) in [6.45, 7) is 6.58. The van der Waals surface area contributed by atoms with Crippen LogP contribution >= 0.6 is 10.7 Å². The van der Waals surface area contributed by atoms with E-state index in [1.807, 2.05) is 0 Å². The molecule has 3 fully saturated rings. The lowest BCUT2D eigenvalue weighted by molar-refractivity contribution is 0.179. The molecule has 0 amide bonds. The SMILES string of the molecule is CC1CCC(NN)C1.CC1CCC(O)C1.CC1CCC(OS(C)(=O)=O)C1.CN.CS(=O)(=O)Cl. The van der Waals surface area contributed by atoms with Gasteiger partial charge in [0.1, 0.15) is 0 Å². The summed E-state index contributed by atoms with van der Waals surface area (Å²) in [5.74, 6) is 7.52. The Morgan fingerprint density at radius 2 is 1.24 bits per heavy atom. The molecule has 0 radical (unpaired) electrons. The molecule has 6 N–H and O–H groups in total. The minimum atomic E-state index is -3.23. The maximum Gasteiger partial charge on any atom is 0.264 e. The molecule has 202 valence electrons. The lowest BCUT2D eigenvalue weighted by atomic mass is 10.1. The fraction of sp³-hybridized carbons (Fsp3) is 1.00. The van der Waals surface area contributed by atoms with Crippen LogP contribution in [-0.2, 0) is 23.4 Å². The maximum absolute atomic E-state index is 10.7. The Hall–Kier alpha value is -0.0100. The number of aliphatic hydroxyl groups is 1. The summed E-state index contributed by atoms with van der Waals surface area (Å²) in [6, 6.07) is 0.602. The first-order chi connectivity index (χ1) is 15.1. The van der Waals surface area contributed by atoms with Crippen molar-refractivity contribution in [1.82, 2.24) is 5.43 Å². The predicted molar refractivity (Wildman–Crippen MR) is 137 cm³/mol. The highest BCUT2D eigenvalue weighted by atomic mass is 35.7. The lowest BCUT2D eigenvalue weighted by Gasteiger charge is -2.07. The predicted octanol–water partition coefficient (Wildman–Crippen LogP) is 2.72. The second-order valence-corrected chi connectivity index (χ2v) is 14.0. The van der Waals surface area contributed by atoms with Crippen LogP contribution in [-0.4, -0.2) is 59.8 Å². The van der Waals surface area contributed by atoms with Crippen LogP contribution in [0.15, 0.2) is 0 Å². The molecule has 9 nitrogen and oxygen atoms in total. The van der Waals surface area contributed by atoms with E-state index >= 15 is 0 Å². The largest absolute Gasteiger partial charge is 0.393 e. The number of hydrazine groups is 1. The van der Waals surface area contributed by atoms with Crippen LogP contribution in [0.3, 0.4) is 0 Å². The van der Waals surface area contributed by atoms with Crippen LogP contribution in [0.5, 0.6) is 0 Å². The number of rotatable bonds is 3. The van der Waals surface area contributed by atoms with Crippen LogP contribution in [0.25, 0.3) is 0 Å². The third-order valence-corrected chi connectivity index (χ3v) is 6.18. The Labute approximate surface area is 206 Å². The molecule has 0 spiro atoms. The smallest absolute Gasteiger partial charge is 0.264 e. The fourth-order valence-electron chi connectivity index (χ4n) is 4.03. The summed E-state index contributed by atoms with van der Waals surface area (Å²) in [7, 11) is -0.423. The number of aliphatic hydroxyl groups excluding tert-OH is 1. The number of halogens is 1. The molecule has 0 aromatic heterocycles. The van der Waals surface area contributed by atoms with Gasteiger partial charge in [-0.15, -0.1) is 0 Å². The van der Waals surface area contributed by atoms with Crippen molar-refractivity contribution >= 4 is 29.9 Å². The van der Waals surface area contributed by atoms with Crippen molar-refractivity contribution < 1.29 is 26.1 Å². The Bertz CT molecular complexity index is 678. The van der Waals surface area contributed by atoms with Crippen molar-refractivity contribution in [3.8, 4) is 0 Å². The van der Waals surface area contributed by atoms with Gasteiger partial charge in [0.15, 0.2) is 0 Å². The number of hydrogen-bond donors (Lipinski definition) is 4. The molecule has 33 heavy (non-hydrogen) atoms. The van der Waals surface area contributed by atoms with E-state index in [0.29, 0.717) is 12.0 Å². The molecule has 6 atom stereocenters. The number of nitrogens with one attached hydrogen (secondary N) is 1. The van der Waals surface area contributed by atoms with E-state index in [1.165, 1.54) is 32.7 Å². The second kappa shape index (κ2) is 18.3. The van der Waals surface area contributed by atoms with Crippen molar-refractivity contribution in [2.75, 3.05) is 19.6 Å². The zero-order valence-electron chi connectivity index (χ0n) is 21.2. The van der Waals surface area contributed by atoms with Gasteiger partial charge in [-0.1, -0.05) is 20.8 Å². The summed E-state index contributed by atoms with van der Waals surface area (Å²) in [5, 5.41) is 8.90. The van der Waals surface area contributed by atoms with Gasteiger partial charge in [-0.25, -0.2) is 8.42 Å². The quantitative estimate of drug-likeness (QED) is 0.183. The zero-order valence-corrected chi connectivity index (χ0v) is 23.6. The summed E-state index contributed by atoms with van der Waals surface area (Å²) in [5.41, 5.74) is 7.29. The van der Waals surface area contributed by atoms with E-state index in [1.54, 1.807) is 0 Å². The molecular formula is C21H48ClN3O6S2. The normalized spacial score (nSPS) is 31.0. The Balaban J connectivity index is 0. The molecule has 0 saturated heterocycles. The van der Waals surface area contributed by atoms with Gasteiger partial charge in [-0.05, 0) is 82.6 Å². The van der Waals surface area contributed by atoms with Crippen molar-refractivity contribution in [3.05, 3.63) is 0 Å². The third-order valence-electron chi connectivity index (χ3n) is 5.56. The standard InChI is InChI=1S/C7H14O3S.C6H14N2.C6H12O.CH3ClO2S.CH5N/c1-6-3-4-7(5-6)10-11(2,8)9;1-5-2-3-6(4-5)8-7;1-5-2-3-6(7)4-5;1-5(2,3)4;1-2/h6-7H,3-5H2,1-2H3;5-6,8H,2-4,7H2,1H3;5-7H,2-4H2,1H3;1H3;2H2,1H3. The summed E-state index contributed by atoms with van der Waals surface area (Å²) in [6.07, 6.45) is 12.0. The van der Waals surface area contributed by atoms with Crippen molar-refractivity contribution in [3.63, 3.8) is 0 Å². The van der Waals surface area contributed by atoms with Crippen LogP contribution in [0, 0.1) is 17.8 Å². The molecule has 3 rings (SSSR count). The van der Waals surface area contributed by atoms with Crippen LogP contribution in [0.1, 0.15) is 78.6 Å². The van der Waals surface area contributed by atoms with Crippen LogP contribution in [0.2, 0.25) is 0 Å². The van der Waals surface area contributed by atoms with Gasteiger partial charge in [0.05, 0.1) is 24.7 Å². The minimum absolute atomic E-state index is 0.0231. The summed E-state index contributed by atoms with van der Waals surface area (Å²) >= 11 is 0. The highest BCUT2D eigenvalue weighted by Crippen LogP contribution is 2.28. The molecule has 0 aliphatic heterocycles. The topological polar surface area (TPSA) is 162 Å². The van der Waals surface area contributed by atoms with Gasteiger partial charge in [0, 0.05) is 16.7 Å². The van der Waals surface area contributed by atoms with E-state index in [2.05, 4.69) is 42.6 Å². The van der Waals surface area contributed by atoms with Gasteiger partial charge in [-0.3, -0.25) is 15.5 Å². The fourth-order valence-corrected chi connectivity index (χ4v) is 4.69. The zero-order chi connectivity index (χ0) is 26.2. The van der Waals surface area contributed by atoms with Gasteiger partial charge in [0.25, 0.3) is 10.1 Å². The van der Waals surface area contributed by atoms with E-state index in [4.69, 9.17) is 15.1 Å². The van der Waals surface area contributed by atoms with E-state index in [0.717, 1.165) is 56.5 Å². The third kappa shape index (κ3) is 24.9. The Morgan fingerprint density at radius 3 is 1.45 bits per heavy atom. The molecule has 3 aliphatic rings. The van der Waals surface area contributed by atoms with E-state index < -0.39 is 19.2 Å². The van der Waals surface area contributed by atoms with Crippen molar-refractivity contribution in [2.24, 2.45) is 29.3 Å². The molecule has 0 aromatic rings. The monoisotopic (exact) mass is 537 g/mol. The molecule has 12 heteroatoms. The van der Waals surface area contributed by atoms with E-state index in [9.17, 15) is 16.8 Å². The number of nitrogens with two attached hydrogens (primary N) is 2. The summed E-state index contributed by atoms with van der Waals surface area (Å²) in [4.78, 5) is 0. The molecule has 0 aromatic carbocycles. The molecule has 3 saturated carbocycles. The van der Waals surface area contributed by atoms with Crippen LogP contribution < -0.4 is 17.0 Å². The minimum Gasteiger partial charge on any atom is -0.393 e. The Morgan fingerprint density at radius 1 is 0.818 bits per heavy atom. The van der Waals surface area contributed by atoms with Crippen LogP contribution in [0.4, 0.5) is 0 Å². The highest BCUT2D eigenvalue weighted by molar-refractivity contribution is 8.13. The molecule has 0 heterocycles. The van der Waals surface area contributed by atoms with Crippen molar-refractivity contribution in [1.29, 1.82) is 0 Å². The molecule has 0 bridgehead atoms. The summed E-state index contributed by atoms with van der Waals surface area (Å²) < 4.78 is 45.0. The van der Waals surface area contributed by atoms with Gasteiger partial charge >= 0.3 is 0 Å². The first kappa shape index (κ1) is 35.2. The van der Waals surface area contributed by atoms with Gasteiger partial charge in [-0.2, -0.15) is 8.42 Å². The molecule has 3 aliphatic carbocycles. The first-order valence-corrected chi connectivity index (χ1v) is 16.1. The average Bonchev–Trinajstić information content (AvgIpc) is 3.37. The molecule has 6 unspecified atom stereocenters. The lowest BCUT2D eigenvalue weighted by Crippen LogP contribution is -2.32. The van der Waals surface area contributed by atoms with Gasteiger partial charge < -0.3 is 10.8 Å². The molecular weight excluding hydrogens is 490 g/mol. The van der Waals surface area contributed by atoms with Gasteiger partial charge in [0.2, 0.25) is 9.05 Å².